The van der Waals surface area contributed by atoms with Crippen LogP contribution in [-0.2, 0) is 24.9 Å². The van der Waals surface area contributed by atoms with E-state index >= 15 is 0 Å². The van der Waals surface area contributed by atoms with Crippen molar-refractivity contribution in [2.75, 3.05) is 18.9 Å². The van der Waals surface area contributed by atoms with Crippen molar-refractivity contribution in [1.29, 1.82) is 0 Å². The standard InChI is InChI=1S/C16H19N3O4S/c20-14-7-6-13(18-19-14)16(22)23-10-15(21)17-8-9-24-11-12-4-2-1-3-5-12/h1-5H,6-11H2,(H,17,21)(H,19,20). The second-order valence-corrected chi connectivity index (χ2v) is 6.16. The van der Waals surface area contributed by atoms with Gasteiger partial charge >= 0.3 is 5.97 Å². The van der Waals surface area contributed by atoms with Crippen LogP contribution in [0.15, 0.2) is 35.4 Å². The number of amides is 2. The number of carbonyl (C=O) groups excluding carboxylic acids is 3. The molecule has 1 aliphatic heterocycles. The smallest absolute Gasteiger partial charge is 0.355 e. The van der Waals surface area contributed by atoms with E-state index in [-0.39, 0.29) is 37.0 Å². The average molecular weight is 349 g/mol. The summed E-state index contributed by atoms with van der Waals surface area (Å²) in [6.07, 6.45) is 0.418. The number of nitrogens with zero attached hydrogens (tertiary/aromatic N) is 1. The lowest BCUT2D eigenvalue weighted by Crippen LogP contribution is -2.34. The lowest BCUT2D eigenvalue weighted by molar-refractivity contribution is -0.142. The minimum atomic E-state index is -0.677. The summed E-state index contributed by atoms with van der Waals surface area (Å²) in [6, 6.07) is 10.1. The van der Waals surface area contributed by atoms with Crippen molar-refractivity contribution in [3.63, 3.8) is 0 Å². The zero-order valence-electron chi connectivity index (χ0n) is 13.1. The number of benzene rings is 1. The van der Waals surface area contributed by atoms with Gasteiger partial charge in [-0.1, -0.05) is 30.3 Å². The summed E-state index contributed by atoms with van der Waals surface area (Å²) in [6.45, 7) is 0.153. The Balaban J connectivity index is 1.55. The van der Waals surface area contributed by atoms with Crippen LogP contribution in [0.1, 0.15) is 18.4 Å². The Morgan fingerprint density at radius 1 is 1.25 bits per heavy atom. The van der Waals surface area contributed by atoms with Crippen LogP contribution in [0, 0.1) is 0 Å². The second-order valence-electron chi connectivity index (χ2n) is 5.06. The van der Waals surface area contributed by atoms with Crippen LogP contribution in [0.5, 0.6) is 0 Å². The predicted molar refractivity (Wildman–Crippen MR) is 91.4 cm³/mol. The van der Waals surface area contributed by atoms with Crippen LogP contribution in [0.25, 0.3) is 0 Å². The minimum Gasteiger partial charge on any atom is -0.451 e. The summed E-state index contributed by atoms with van der Waals surface area (Å²) in [7, 11) is 0. The summed E-state index contributed by atoms with van der Waals surface area (Å²) in [4.78, 5) is 34.2. The van der Waals surface area contributed by atoms with Crippen LogP contribution in [0.3, 0.4) is 0 Å². The van der Waals surface area contributed by atoms with Gasteiger partial charge in [-0.15, -0.1) is 0 Å². The molecule has 0 aliphatic carbocycles. The van der Waals surface area contributed by atoms with E-state index in [1.165, 1.54) is 5.56 Å². The normalized spacial score (nSPS) is 13.7. The predicted octanol–water partition coefficient (Wildman–Crippen LogP) is 0.845. The Hall–Kier alpha value is -2.35. The Morgan fingerprint density at radius 3 is 2.75 bits per heavy atom. The molecule has 0 bridgehead atoms. The van der Waals surface area contributed by atoms with E-state index in [1.807, 2.05) is 18.2 Å². The largest absolute Gasteiger partial charge is 0.451 e. The number of esters is 1. The number of nitrogens with one attached hydrogen (secondary N) is 2. The van der Waals surface area contributed by atoms with Crippen LogP contribution in [0.4, 0.5) is 0 Å². The highest BCUT2D eigenvalue weighted by atomic mass is 32.2. The van der Waals surface area contributed by atoms with Gasteiger partial charge in [0, 0.05) is 30.9 Å². The first kappa shape index (κ1) is 18.0. The highest BCUT2D eigenvalue weighted by molar-refractivity contribution is 7.98. The Morgan fingerprint density at radius 2 is 2.04 bits per heavy atom. The zero-order valence-corrected chi connectivity index (χ0v) is 13.9. The summed E-state index contributed by atoms with van der Waals surface area (Å²) in [5.74, 6) is 0.384. The molecule has 0 spiro atoms. The molecule has 24 heavy (non-hydrogen) atoms. The fourth-order valence-corrected chi connectivity index (χ4v) is 2.73. The molecule has 0 saturated heterocycles. The van der Waals surface area contributed by atoms with Gasteiger partial charge in [0.05, 0.1) is 0 Å². The van der Waals surface area contributed by atoms with Crippen LogP contribution in [0.2, 0.25) is 0 Å². The van der Waals surface area contributed by atoms with E-state index in [4.69, 9.17) is 4.74 Å². The third-order valence-electron chi connectivity index (χ3n) is 3.15. The molecule has 0 fully saturated rings. The second kappa shape index (κ2) is 9.71. The first-order valence-electron chi connectivity index (χ1n) is 7.56. The number of hydrogen-bond donors (Lipinski definition) is 2. The molecule has 0 atom stereocenters. The molecule has 1 heterocycles. The summed E-state index contributed by atoms with van der Waals surface area (Å²) in [5, 5.41) is 6.30. The molecule has 7 nitrogen and oxygen atoms in total. The van der Waals surface area contributed by atoms with Gasteiger partial charge in [0.1, 0.15) is 5.71 Å². The monoisotopic (exact) mass is 349 g/mol. The Bertz CT molecular complexity index is 619. The fraction of sp³-hybridized carbons (Fsp3) is 0.375. The van der Waals surface area contributed by atoms with Gasteiger partial charge in [-0.2, -0.15) is 16.9 Å². The molecule has 1 aromatic rings. The van der Waals surface area contributed by atoms with E-state index in [2.05, 4.69) is 28.0 Å². The number of thioether (sulfide) groups is 1. The molecule has 0 saturated carbocycles. The highest BCUT2D eigenvalue weighted by Crippen LogP contribution is 2.10. The molecule has 8 heteroatoms. The lowest BCUT2D eigenvalue weighted by Gasteiger charge is -2.11. The molecule has 128 valence electrons. The van der Waals surface area contributed by atoms with Crippen molar-refractivity contribution in [2.24, 2.45) is 5.10 Å². The highest BCUT2D eigenvalue weighted by Gasteiger charge is 2.20. The minimum absolute atomic E-state index is 0.126. The third kappa shape index (κ3) is 6.41. The van der Waals surface area contributed by atoms with Crippen molar-refractivity contribution in [1.82, 2.24) is 10.7 Å². The van der Waals surface area contributed by atoms with Gasteiger partial charge in [-0.3, -0.25) is 9.59 Å². The van der Waals surface area contributed by atoms with Crippen molar-refractivity contribution in [2.45, 2.75) is 18.6 Å². The van der Waals surface area contributed by atoms with E-state index in [0.717, 1.165) is 11.5 Å². The molecule has 0 aromatic heterocycles. The van der Waals surface area contributed by atoms with Crippen LogP contribution >= 0.6 is 11.8 Å². The van der Waals surface area contributed by atoms with Crippen LogP contribution in [-0.4, -0.2) is 42.4 Å². The van der Waals surface area contributed by atoms with Crippen molar-refractivity contribution >= 4 is 35.3 Å². The van der Waals surface area contributed by atoms with E-state index < -0.39 is 5.97 Å². The maximum atomic E-state index is 11.7. The topological polar surface area (TPSA) is 96.9 Å². The molecule has 2 rings (SSSR count). The van der Waals surface area contributed by atoms with Gasteiger partial charge < -0.3 is 10.1 Å². The maximum absolute atomic E-state index is 11.7. The van der Waals surface area contributed by atoms with Gasteiger partial charge in [0.25, 0.3) is 5.91 Å². The quantitative estimate of drug-likeness (QED) is 0.536. The zero-order chi connectivity index (χ0) is 17.2. The lowest BCUT2D eigenvalue weighted by atomic mass is 10.2. The first-order valence-corrected chi connectivity index (χ1v) is 8.71. The van der Waals surface area contributed by atoms with E-state index in [0.29, 0.717) is 6.54 Å². The third-order valence-corrected chi connectivity index (χ3v) is 4.18. The average Bonchev–Trinajstić information content (AvgIpc) is 2.61. The van der Waals surface area contributed by atoms with E-state index in [1.54, 1.807) is 11.8 Å². The molecule has 2 amide bonds. The molecule has 0 radical (unpaired) electrons. The molecule has 0 unspecified atom stereocenters. The molecular weight excluding hydrogens is 330 g/mol. The Kier molecular flexibility index (Phi) is 7.28. The number of rotatable bonds is 8. The summed E-state index contributed by atoms with van der Waals surface area (Å²) < 4.78 is 4.87. The molecule has 1 aliphatic rings. The summed E-state index contributed by atoms with van der Waals surface area (Å²) in [5.41, 5.74) is 3.57. The SMILES string of the molecule is O=C(COC(=O)C1=NNC(=O)CC1)NCCSCc1ccccc1. The Labute approximate surface area is 144 Å². The van der Waals surface area contributed by atoms with Gasteiger partial charge in [0.15, 0.2) is 6.61 Å². The van der Waals surface area contributed by atoms with Crippen molar-refractivity contribution in [3.8, 4) is 0 Å². The van der Waals surface area contributed by atoms with Gasteiger partial charge in [0.2, 0.25) is 5.91 Å². The number of hydrogen-bond acceptors (Lipinski definition) is 6. The molecule has 2 N–H and O–H groups in total. The molecule has 1 aromatic carbocycles. The number of ether oxygens (including phenoxy) is 1. The van der Waals surface area contributed by atoms with Crippen molar-refractivity contribution < 1.29 is 19.1 Å². The number of carbonyl (C=O) groups is 3. The van der Waals surface area contributed by atoms with Gasteiger partial charge in [-0.05, 0) is 5.56 Å². The van der Waals surface area contributed by atoms with Gasteiger partial charge in [-0.25, -0.2) is 10.2 Å². The number of hydrazone groups is 1. The first-order chi connectivity index (χ1) is 11.6. The van der Waals surface area contributed by atoms with Crippen molar-refractivity contribution in [3.05, 3.63) is 35.9 Å². The fourth-order valence-electron chi connectivity index (χ4n) is 1.91. The molecular formula is C16H19N3O4S. The van der Waals surface area contributed by atoms with Crippen LogP contribution < -0.4 is 10.7 Å². The summed E-state index contributed by atoms with van der Waals surface area (Å²) >= 11 is 1.71. The van der Waals surface area contributed by atoms with E-state index in [9.17, 15) is 14.4 Å². The maximum Gasteiger partial charge on any atom is 0.355 e.